The van der Waals surface area contributed by atoms with Crippen molar-refractivity contribution in [2.45, 2.75) is 77.2 Å². The van der Waals surface area contributed by atoms with Crippen LogP contribution in [0, 0.1) is 11.7 Å². The van der Waals surface area contributed by atoms with E-state index in [1.54, 1.807) is 32.3 Å². The van der Waals surface area contributed by atoms with Crippen molar-refractivity contribution in [1.82, 2.24) is 29.5 Å². The summed E-state index contributed by atoms with van der Waals surface area (Å²) in [5.41, 5.74) is 4.73. The van der Waals surface area contributed by atoms with Gasteiger partial charge in [-0.05, 0) is 67.6 Å². The van der Waals surface area contributed by atoms with Crippen LogP contribution >= 0.6 is 0 Å². The number of hydrogen-bond donors (Lipinski definition) is 1. The van der Waals surface area contributed by atoms with Crippen LogP contribution in [0.1, 0.15) is 61.2 Å². The predicted molar refractivity (Wildman–Crippen MR) is 191 cm³/mol. The van der Waals surface area contributed by atoms with Crippen molar-refractivity contribution in [3.8, 4) is 11.8 Å². The highest BCUT2D eigenvalue weighted by Crippen LogP contribution is 2.42. The average Bonchev–Trinajstić information content (AvgIpc) is 3.74. The number of benzene rings is 2. The lowest BCUT2D eigenvalue weighted by Crippen LogP contribution is -2.43. The highest BCUT2D eigenvalue weighted by molar-refractivity contribution is 5.98. The fourth-order valence-electron chi connectivity index (χ4n) is 8.89. The topological polar surface area (TPSA) is 103 Å². The maximum atomic E-state index is 15.1. The van der Waals surface area contributed by atoms with Gasteiger partial charge in [0.1, 0.15) is 30.2 Å². The van der Waals surface area contributed by atoms with Gasteiger partial charge in [0.2, 0.25) is 0 Å². The van der Waals surface area contributed by atoms with Gasteiger partial charge in [-0.1, -0.05) is 19.9 Å². The summed E-state index contributed by atoms with van der Waals surface area (Å²) in [7, 11) is 3.43. The number of halogens is 2. The first-order valence-electron chi connectivity index (χ1n) is 18.2. The number of phenolic OH excluding ortho intramolecular Hbond substituents is 1. The molecule has 6 heterocycles. The molecule has 270 valence electrons. The summed E-state index contributed by atoms with van der Waals surface area (Å²) in [5.74, 6) is 0.876. The van der Waals surface area contributed by atoms with Gasteiger partial charge in [0.25, 0.3) is 0 Å². The van der Waals surface area contributed by atoms with Crippen molar-refractivity contribution < 1.29 is 23.4 Å². The number of carbonyl (C=O) groups excluding carboxylic acids is 1. The molecule has 13 heteroatoms. The van der Waals surface area contributed by atoms with Crippen LogP contribution in [-0.2, 0) is 32.4 Å². The number of fused-ring (bicyclic) bond motifs is 4. The zero-order valence-electron chi connectivity index (χ0n) is 29.8. The number of carbonyl (C=O) groups is 1. The molecule has 1 unspecified atom stereocenters. The third kappa shape index (κ3) is 6.02. The maximum Gasteiger partial charge on any atom is 0.344 e. The number of hydrogen-bond acceptors (Lipinski definition) is 9. The Bertz CT molecular complexity index is 2000. The van der Waals surface area contributed by atoms with Gasteiger partial charge < -0.3 is 24.5 Å². The van der Waals surface area contributed by atoms with Crippen LogP contribution in [0.25, 0.3) is 10.8 Å². The summed E-state index contributed by atoms with van der Waals surface area (Å²) >= 11 is 0. The molecule has 0 aliphatic carbocycles. The van der Waals surface area contributed by atoms with Gasteiger partial charge in [0, 0.05) is 81.2 Å². The van der Waals surface area contributed by atoms with E-state index in [4.69, 9.17) is 14.7 Å². The molecule has 0 saturated carbocycles. The van der Waals surface area contributed by atoms with Crippen molar-refractivity contribution in [1.29, 1.82) is 0 Å². The van der Waals surface area contributed by atoms with E-state index in [0.29, 0.717) is 57.6 Å². The van der Waals surface area contributed by atoms with Crippen molar-refractivity contribution in [2.24, 2.45) is 5.92 Å². The molecule has 2 aromatic carbocycles. The number of alkyl halides is 1. The third-order valence-corrected chi connectivity index (χ3v) is 11.3. The highest BCUT2D eigenvalue weighted by atomic mass is 19.1. The molecule has 2 aromatic heterocycles. The Balaban J connectivity index is 1.19. The largest absolute Gasteiger partial charge is 0.508 e. The van der Waals surface area contributed by atoms with Crippen molar-refractivity contribution in [3.05, 3.63) is 64.4 Å². The minimum Gasteiger partial charge on any atom is -0.508 e. The van der Waals surface area contributed by atoms with Crippen LogP contribution in [0.5, 0.6) is 11.8 Å². The minimum absolute atomic E-state index is 0.120. The Morgan fingerprint density at radius 1 is 1.12 bits per heavy atom. The quantitative estimate of drug-likeness (QED) is 0.280. The van der Waals surface area contributed by atoms with Gasteiger partial charge in [-0.25, -0.2) is 13.6 Å². The van der Waals surface area contributed by atoms with E-state index in [0.717, 1.165) is 77.1 Å². The first kappa shape index (κ1) is 33.6. The first-order valence-corrected chi connectivity index (χ1v) is 18.2. The second-order valence-electron chi connectivity index (χ2n) is 15.1. The number of aryl methyl sites for hydroxylation is 1. The van der Waals surface area contributed by atoms with Crippen LogP contribution in [0.4, 0.5) is 25.1 Å². The summed E-state index contributed by atoms with van der Waals surface area (Å²) in [4.78, 5) is 31.1. The molecule has 4 aliphatic rings. The summed E-state index contributed by atoms with van der Waals surface area (Å²) in [6, 6.07) is 6.64. The van der Waals surface area contributed by atoms with Crippen LogP contribution in [0.15, 0.2) is 30.5 Å². The molecule has 2 fully saturated rings. The lowest BCUT2D eigenvalue weighted by Gasteiger charge is -2.35. The lowest BCUT2D eigenvalue weighted by molar-refractivity contribution is 0.107. The molecule has 3 atom stereocenters. The minimum atomic E-state index is -0.870. The van der Waals surface area contributed by atoms with Crippen LogP contribution in [-0.4, -0.2) is 99.3 Å². The summed E-state index contributed by atoms with van der Waals surface area (Å²) < 4.78 is 37.7. The molecule has 8 rings (SSSR count). The first-order chi connectivity index (χ1) is 24.5. The Morgan fingerprint density at radius 3 is 2.76 bits per heavy atom. The third-order valence-electron chi connectivity index (χ3n) is 11.3. The van der Waals surface area contributed by atoms with E-state index in [9.17, 15) is 14.3 Å². The van der Waals surface area contributed by atoms with Crippen molar-refractivity contribution in [3.63, 3.8) is 0 Å². The van der Waals surface area contributed by atoms with E-state index in [1.807, 2.05) is 13.1 Å². The fraction of sp³-hybridized carbons (Fsp3) is 0.526. The monoisotopic (exact) mass is 700 g/mol. The van der Waals surface area contributed by atoms with E-state index < -0.39 is 6.17 Å². The number of rotatable bonds is 6. The number of amides is 1. The van der Waals surface area contributed by atoms with E-state index in [1.165, 1.54) is 15.6 Å². The molecule has 0 bridgehead atoms. The Morgan fingerprint density at radius 2 is 1.96 bits per heavy atom. The Labute approximate surface area is 296 Å². The zero-order valence-corrected chi connectivity index (χ0v) is 29.8. The van der Waals surface area contributed by atoms with Gasteiger partial charge in [0.05, 0.1) is 23.5 Å². The van der Waals surface area contributed by atoms with Crippen molar-refractivity contribution >= 4 is 28.3 Å². The Hall–Kier alpha value is -4.52. The zero-order chi connectivity index (χ0) is 35.6. The standard InChI is InChI=1S/C38H46F2N8O3/c1-5-28-30(40)8-7-24-14-27(49)15-33(34(24)28)45-12-9-29-32(21-45)41-36(51-22-38-10-6-11-47(38)20-26(39)16-38)42-35(29)46-17-23(2)13-31-25(18-46)19-48(43-31)37(50)44(3)4/h7-8,14-15,19,23,26,49H,5-6,9-13,16-18,20-22H2,1-4H3/t23?,26-,38+/m1/s1. The predicted octanol–water partition coefficient (Wildman–Crippen LogP) is 5.48. The normalized spacial score (nSPS) is 23.3. The molecule has 4 aliphatic heterocycles. The van der Waals surface area contributed by atoms with Crippen LogP contribution < -0.4 is 14.5 Å². The average molecular weight is 701 g/mol. The number of anilines is 2. The molecule has 1 amide bonds. The van der Waals surface area contributed by atoms with E-state index in [2.05, 4.69) is 26.7 Å². The maximum absolute atomic E-state index is 15.1. The summed E-state index contributed by atoms with van der Waals surface area (Å²) in [6.45, 7) is 8.00. The molecule has 0 spiro atoms. The number of nitrogens with zero attached hydrogens (tertiary/aromatic N) is 8. The van der Waals surface area contributed by atoms with Gasteiger partial charge in [-0.15, -0.1) is 0 Å². The molecule has 2 saturated heterocycles. The molecule has 51 heavy (non-hydrogen) atoms. The Kier molecular flexibility index (Phi) is 8.51. The number of aromatic hydroxyl groups is 1. The van der Waals surface area contributed by atoms with Crippen LogP contribution in [0.2, 0.25) is 0 Å². The van der Waals surface area contributed by atoms with Gasteiger partial charge in [-0.3, -0.25) is 4.90 Å². The molecular formula is C38H46F2N8O3. The molecule has 4 aromatic rings. The van der Waals surface area contributed by atoms with Gasteiger partial charge >= 0.3 is 12.0 Å². The van der Waals surface area contributed by atoms with E-state index >= 15 is 4.39 Å². The second-order valence-corrected chi connectivity index (χ2v) is 15.1. The molecular weight excluding hydrogens is 654 g/mol. The SMILES string of the molecule is CCc1c(F)ccc2cc(O)cc(N3CCc4c(nc(OC[C@@]56CCCN5C[C@H](F)C6)nc4N4Cc5cn(C(=O)N(C)C)nc5CC(C)C4)C3)c12. The summed E-state index contributed by atoms with van der Waals surface area (Å²) in [6.07, 6.45) is 5.16. The van der Waals surface area contributed by atoms with Gasteiger partial charge in [0.15, 0.2) is 0 Å². The molecule has 1 N–H and O–H groups in total. The molecule has 0 radical (unpaired) electrons. The van der Waals surface area contributed by atoms with E-state index in [-0.39, 0.29) is 35.1 Å². The smallest absolute Gasteiger partial charge is 0.344 e. The highest BCUT2D eigenvalue weighted by Gasteiger charge is 2.49. The van der Waals surface area contributed by atoms with Crippen molar-refractivity contribution in [2.75, 3.05) is 56.7 Å². The number of ether oxygens (including phenoxy) is 1. The number of phenols is 1. The summed E-state index contributed by atoms with van der Waals surface area (Å²) in [5, 5.41) is 17.0. The lowest BCUT2D eigenvalue weighted by atomic mass is 9.95. The number of aromatic nitrogens is 4. The fourth-order valence-corrected chi connectivity index (χ4v) is 8.89. The van der Waals surface area contributed by atoms with Gasteiger partial charge in [-0.2, -0.15) is 19.7 Å². The molecule has 11 nitrogen and oxygen atoms in total. The second kappa shape index (κ2) is 12.9. The van der Waals surface area contributed by atoms with Crippen LogP contribution in [0.3, 0.4) is 0 Å².